The Labute approximate surface area is 111 Å². The van der Waals surface area contributed by atoms with Crippen LogP contribution in [0.1, 0.15) is 32.6 Å². The van der Waals surface area contributed by atoms with E-state index in [1.807, 2.05) is 0 Å². The van der Waals surface area contributed by atoms with Gasteiger partial charge in [-0.1, -0.05) is 19.1 Å². The smallest absolute Gasteiger partial charge is 0.0700 e. The van der Waals surface area contributed by atoms with Gasteiger partial charge in [0.15, 0.2) is 0 Å². The summed E-state index contributed by atoms with van der Waals surface area (Å²) >= 11 is 0. The second kappa shape index (κ2) is 7.93. The molecule has 0 amide bonds. The lowest BCUT2D eigenvalue weighted by atomic mass is 9.85. The minimum Gasteiger partial charge on any atom is -0.380 e. The van der Waals surface area contributed by atoms with E-state index in [-0.39, 0.29) is 0 Å². The Hall–Kier alpha value is -0.380. The lowest BCUT2D eigenvalue weighted by molar-refractivity contribution is 0.0753. The Bertz CT molecular complexity index is 249. The number of rotatable bonds is 7. The normalized spacial score (nSPS) is 31.9. The summed E-state index contributed by atoms with van der Waals surface area (Å²) in [6.45, 7) is 6.92. The van der Waals surface area contributed by atoms with Crippen LogP contribution in [0.4, 0.5) is 0 Å². The predicted molar refractivity (Wildman–Crippen MR) is 73.7 cm³/mol. The zero-order valence-corrected chi connectivity index (χ0v) is 11.6. The number of ether oxygens (including phenoxy) is 2. The molecule has 3 atom stereocenters. The van der Waals surface area contributed by atoms with Crippen molar-refractivity contribution in [2.45, 2.75) is 38.7 Å². The average molecular weight is 253 g/mol. The standard InChI is InChI=1S/C15H27NO2/c1-13-5-2-3-6-14(13)12-17-10-8-16-11-15-7-4-9-18-15/h2-3,13-16H,4-12H2,1H3. The van der Waals surface area contributed by atoms with Gasteiger partial charge in [0.25, 0.3) is 0 Å². The molecular weight excluding hydrogens is 226 g/mol. The highest BCUT2D eigenvalue weighted by atomic mass is 16.5. The van der Waals surface area contributed by atoms with Gasteiger partial charge in [0.05, 0.1) is 19.3 Å². The third kappa shape index (κ3) is 4.71. The molecule has 1 aliphatic heterocycles. The van der Waals surface area contributed by atoms with Gasteiger partial charge in [0.1, 0.15) is 0 Å². The highest BCUT2D eigenvalue weighted by Gasteiger charge is 2.18. The maximum absolute atomic E-state index is 5.77. The van der Waals surface area contributed by atoms with Crippen molar-refractivity contribution in [1.29, 1.82) is 0 Å². The van der Waals surface area contributed by atoms with Crippen LogP contribution in [0, 0.1) is 11.8 Å². The molecule has 18 heavy (non-hydrogen) atoms. The molecule has 0 saturated carbocycles. The van der Waals surface area contributed by atoms with Crippen molar-refractivity contribution in [2.75, 3.05) is 32.9 Å². The van der Waals surface area contributed by atoms with Crippen LogP contribution in [-0.2, 0) is 9.47 Å². The molecule has 1 heterocycles. The first-order valence-electron chi connectivity index (χ1n) is 7.41. The fourth-order valence-corrected chi connectivity index (χ4v) is 2.69. The molecule has 3 unspecified atom stereocenters. The van der Waals surface area contributed by atoms with Gasteiger partial charge >= 0.3 is 0 Å². The van der Waals surface area contributed by atoms with Gasteiger partial charge in [-0.05, 0) is 37.5 Å². The third-order valence-electron chi connectivity index (χ3n) is 4.07. The molecule has 1 saturated heterocycles. The van der Waals surface area contributed by atoms with Crippen LogP contribution < -0.4 is 5.32 Å². The summed E-state index contributed by atoms with van der Waals surface area (Å²) in [6, 6.07) is 0. The lowest BCUT2D eigenvalue weighted by Gasteiger charge is -2.25. The zero-order chi connectivity index (χ0) is 12.6. The van der Waals surface area contributed by atoms with Crippen molar-refractivity contribution < 1.29 is 9.47 Å². The van der Waals surface area contributed by atoms with Crippen molar-refractivity contribution in [3.63, 3.8) is 0 Å². The Balaban J connectivity index is 1.44. The first-order valence-corrected chi connectivity index (χ1v) is 7.41. The Morgan fingerprint density at radius 1 is 1.33 bits per heavy atom. The summed E-state index contributed by atoms with van der Waals surface area (Å²) in [6.07, 6.45) is 9.85. The van der Waals surface area contributed by atoms with E-state index in [9.17, 15) is 0 Å². The number of allylic oxidation sites excluding steroid dienone is 2. The fourth-order valence-electron chi connectivity index (χ4n) is 2.69. The van der Waals surface area contributed by atoms with E-state index in [1.165, 1.54) is 25.7 Å². The molecule has 2 aliphatic rings. The van der Waals surface area contributed by atoms with E-state index in [2.05, 4.69) is 24.4 Å². The van der Waals surface area contributed by atoms with Gasteiger partial charge < -0.3 is 14.8 Å². The quantitative estimate of drug-likeness (QED) is 0.558. The summed E-state index contributed by atoms with van der Waals surface area (Å²) in [4.78, 5) is 0. The third-order valence-corrected chi connectivity index (χ3v) is 4.07. The lowest BCUT2D eigenvalue weighted by Crippen LogP contribution is -2.30. The maximum Gasteiger partial charge on any atom is 0.0700 e. The topological polar surface area (TPSA) is 30.5 Å². The largest absolute Gasteiger partial charge is 0.380 e. The number of hydrogen-bond acceptors (Lipinski definition) is 3. The van der Waals surface area contributed by atoms with E-state index in [1.54, 1.807) is 0 Å². The van der Waals surface area contributed by atoms with Gasteiger partial charge in [-0.25, -0.2) is 0 Å². The van der Waals surface area contributed by atoms with Gasteiger partial charge in [-0.2, -0.15) is 0 Å². The van der Waals surface area contributed by atoms with Crippen LogP contribution in [0.3, 0.4) is 0 Å². The van der Waals surface area contributed by atoms with Gasteiger partial charge in [0.2, 0.25) is 0 Å². The van der Waals surface area contributed by atoms with Crippen LogP contribution in [0.25, 0.3) is 0 Å². The molecule has 0 aromatic heterocycles. The highest BCUT2D eigenvalue weighted by Crippen LogP contribution is 2.24. The average Bonchev–Trinajstić information content (AvgIpc) is 2.89. The molecule has 1 fully saturated rings. The fraction of sp³-hybridized carbons (Fsp3) is 0.867. The first kappa shape index (κ1) is 14.0. The number of hydrogen-bond donors (Lipinski definition) is 1. The second-order valence-electron chi connectivity index (χ2n) is 5.59. The molecule has 1 N–H and O–H groups in total. The highest BCUT2D eigenvalue weighted by molar-refractivity contribution is 4.93. The van der Waals surface area contributed by atoms with E-state index in [4.69, 9.17) is 9.47 Å². The summed E-state index contributed by atoms with van der Waals surface area (Å²) in [7, 11) is 0. The summed E-state index contributed by atoms with van der Waals surface area (Å²) in [5, 5.41) is 3.41. The van der Waals surface area contributed by atoms with Crippen LogP contribution in [-0.4, -0.2) is 39.0 Å². The van der Waals surface area contributed by atoms with Crippen molar-refractivity contribution >= 4 is 0 Å². The van der Waals surface area contributed by atoms with Gasteiger partial charge in [-0.3, -0.25) is 0 Å². The van der Waals surface area contributed by atoms with E-state index in [0.29, 0.717) is 12.0 Å². The summed E-state index contributed by atoms with van der Waals surface area (Å²) in [5.74, 6) is 1.49. The van der Waals surface area contributed by atoms with Crippen LogP contribution >= 0.6 is 0 Å². The second-order valence-corrected chi connectivity index (χ2v) is 5.59. The molecule has 3 nitrogen and oxygen atoms in total. The minimum atomic E-state index is 0.438. The van der Waals surface area contributed by atoms with Crippen molar-refractivity contribution in [3.8, 4) is 0 Å². The molecule has 0 spiro atoms. The van der Waals surface area contributed by atoms with E-state index in [0.717, 1.165) is 38.8 Å². The molecule has 2 rings (SSSR count). The summed E-state index contributed by atoms with van der Waals surface area (Å²) < 4.78 is 11.3. The molecule has 1 aliphatic carbocycles. The van der Waals surface area contributed by atoms with Crippen molar-refractivity contribution in [1.82, 2.24) is 5.32 Å². The summed E-state index contributed by atoms with van der Waals surface area (Å²) in [5.41, 5.74) is 0. The Morgan fingerprint density at radius 2 is 2.22 bits per heavy atom. The molecule has 104 valence electrons. The molecule has 0 radical (unpaired) electrons. The van der Waals surface area contributed by atoms with Crippen LogP contribution in [0.2, 0.25) is 0 Å². The molecular formula is C15H27NO2. The monoisotopic (exact) mass is 253 g/mol. The molecule has 0 aromatic rings. The molecule has 0 bridgehead atoms. The van der Waals surface area contributed by atoms with Crippen LogP contribution in [0.15, 0.2) is 12.2 Å². The molecule has 0 aromatic carbocycles. The van der Waals surface area contributed by atoms with E-state index >= 15 is 0 Å². The predicted octanol–water partition coefficient (Wildman–Crippen LogP) is 2.37. The Kier molecular flexibility index (Phi) is 6.18. The number of nitrogens with one attached hydrogen (secondary N) is 1. The maximum atomic E-state index is 5.77. The zero-order valence-electron chi connectivity index (χ0n) is 11.6. The van der Waals surface area contributed by atoms with Gasteiger partial charge in [-0.15, -0.1) is 0 Å². The van der Waals surface area contributed by atoms with Crippen LogP contribution in [0.5, 0.6) is 0 Å². The first-order chi connectivity index (χ1) is 8.86. The Morgan fingerprint density at radius 3 is 3.00 bits per heavy atom. The molecule has 3 heteroatoms. The minimum absolute atomic E-state index is 0.438. The van der Waals surface area contributed by atoms with Crippen molar-refractivity contribution in [2.24, 2.45) is 11.8 Å². The van der Waals surface area contributed by atoms with E-state index < -0.39 is 0 Å². The van der Waals surface area contributed by atoms with Gasteiger partial charge in [0, 0.05) is 19.7 Å². The van der Waals surface area contributed by atoms with Crippen molar-refractivity contribution in [3.05, 3.63) is 12.2 Å². The SMILES string of the molecule is CC1CC=CCC1COCCNCC1CCCO1.